The molecule has 16 heavy (non-hydrogen) atoms. The maximum Gasteiger partial charge on any atom is 0.0406 e. The first-order valence-corrected chi connectivity index (χ1v) is 5.71. The highest BCUT2D eigenvalue weighted by Crippen LogP contribution is 2.09. The number of hydrogen-bond donors (Lipinski definition) is 1. The Labute approximate surface area is 101 Å². The van der Waals surface area contributed by atoms with Gasteiger partial charge < -0.3 is 5.32 Å². The molecule has 2 heteroatoms. The van der Waals surface area contributed by atoms with E-state index in [-0.39, 0.29) is 0 Å². The van der Waals surface area contributed by atoms with Crippen LogP contribution in [0.1, 0.15) is 11.1 Å². The van der Waals surface area contributed by atoms with Crippen molar-refractivity contribution in [2.75, 3.05) is 0 Å². The fraction of sp³-hybridized carbons (Fsp3) is 0.143. The lowest BCUT2D eigenvalue weighted by molar-refractivity contribution is 0.693. The van der Waals surface area contributed by atoms with Gasteiger partial charge in [-0.1, -0.05) is 54.1 Å². The Morgan fingerprint density at radius 2 is 1.31 bits per heavy atom. The Hall–Kier alpha value is -1.31. The van der Waals surface area contributed by atoms with Gasteiger partial charge in [-0.3, -0.25) is 0 Å². The lowest BCUT2D eigenvalue weighted by Gasteiger charge is -2.05. The third-order valence-corrected chi connectivity index (χ3v) is 2.67. The molecule has 82 valence electrons. The predicted octanol–water partition coefficient (Wildman–Crippen LogP) is 3.63. The van der Waals surface area contributed by atoms with Gasteiger partial charge >= 0.3 is 0 Å². The second-order valence-electron chi connectivity index (χ2n) is 3.72. The fourth-order valence-electron chi connectivity index (χ4n) is 1.55. The van der Waals surface area contributed by atoms with Gasteiger partial charge in [-0.05, 0) is 23.3 Å². The third kappa shape index (κ3) is 3.37. The van der Waals surface area contributed by atoms with Gasteiger partial charge in [-0.2, -0.15) is 0 Å². The quantitative estimate of drug-likeness (QED) is 0.848. The van der Waals surface area contributed by atoms with Crippen molar-refractivity contribution in [3.05, 3.63) is 70.7 Å². The number of benzene rings is 2. The van der Waals surface area contributed by atoms with E-state index in [4.69, 9.17) is 11.6 Å². The van der Waals surface area contributed by atoms with Gasteiger partial charge in [0.15, 0.2) is 0 Å². The average molecular weight is 232 g/mol. The molecule has 0 aliphatic rings. The van der Waals surface area contributed by atoms with E-state index in [1.807, 2.05) is 30.3 Å². The van der Waals surface area contributed by atoms with Gasteiger partial charge in [0.2, 0.25) is 0 Å². The van der Waals surface area contributed by atoms with Crippen molar-refractivity contribution in [1.82, 2.24) is 5.32 Å². The molecule has 0 aromatic heterocycles. The molecule has 1 N–H and O–H groups in total. The van der Waals surface area contributed by atoms with Crippen LogP contribution in [0.25, 0.3) is 0 Å². The molecule has 0 saturated carbocycles. The topological polar surface area (TPSA) is 12.0 Å². The van der Waals surface area contributed by atoms with Crippen LogP contribution in [0.4, 0.5) is 0 Å². The summed E-state index contributed by atoms with van der Waals surface area (Å²) in [6.45, 7) is 1.76. The van der Waals surface area contributed by atoms with Crippen LogP contribution >= 0.6 is 11.6 Å². The van der Waals surface area contributed by atoms with Crippen molar-refractivity contribution < 1.29 is 0 Å². The fourth-order valence-corrected chi connectivity index (χ4v) is 1.68. The Bertz CT molecular complexity index is 422. The standard InChI is InChI=1S/C14H14ClN/c15-14-8-6-13(7-9-14)11-16-10-12-4-2-1-3-5-12/h1-9,16H,10-11H2. The van der Waals surface area contributed by atoms with Crippen LogP contribution in [-0.4, -0.2) is 0 Å². The van der Waals surface area contributed by atoms with Crippen molar-refractivity contribution in [1.29, 1.82) is 0 Å². The second-order valence-corrected chi connectivity index (χ2v) is 4.15. The number of rotatable bonds is 4. The van der Waals surface area contributed by atoms with E-state index in [9.17, 15) is 0 Å². The van der Waals surface area contributed by atoms with Gasteiger partial charge in [-0.25, -0.2) is 0 Å². The third-order valence-electron chi connectivity index (χ3n) is 2.41. The zero-order chi connectivity index (χ0) is 11.2. The van der Waals surface area contributed by atoms with Crippen molar-refractivity contribution in [3.8, 4) is 0 Å². The van der Waals surface area contributed by atoms with E-state index < -0.39 is 0 Å². The van der Waals surface area contributed by atoms with Crippen LogP contribution in [-0.2, 0) is 13.1 Å². The molecule has 0 aliphatic carbocycles. The molecule has 0 radical (unpaired) electrons. The summed E-state index contributed by atoms with van der Waals surface area (Å²) in [7, 11) is 0. The van der Waals surface area contributed by atoms with E-state index in [1.54, 1.807) is 0 Å². The number of nitrogens with one attached hydrogen (secondary N) is 1. The molecule has 0 atom stereocenters. The lowest BCUT2D eigenvalue weighted by atomic mass is 10.2. The Morgan fingerprint density at radius 3 is 1.94 bits per heavy atom. The number of hydrogen-bond acceptors (Lipinski definition) is 1. The normalized spacial score (nSPS) is 10.3. The summed E-state index contributed by atoms with van der Waals surface area (Å²) in [4.78, 5) is 0. The summed E-state index contributed by atoms with van der Waals surface area (Å²) in [6.07, 6.45) is 0. The highest BCUT2D eigenvalue weighted by atomic mass is 35.5. The summed E-state index contributed by atoms with van der Waals surface area (Å²) >= 11 is 5.82. The van der Waals surface area contributed by atoms with Crippen LogP contribution in [0, 0.1) is 0 Å². The van der Waals surface area contributed by atoms with Crippen molar-refractivity contribution >= 4 is 11.6 Å². The van der Waals surface area contributed by atoms with Crippen LogP contribution in [0.15, 0.2) is 54.6 Å². The molecule has 2 rings (SSSR count). The summed E-state index contributed by atoms with van der Waals surface area (Å²) < 4.78 is 0. The first-order chi connectivity index (χ1) is 7.84. The molecule has 0 amide bonds. The smallest absolute Gasteiger partial charge is 0.0406 e. The molecular formula is C14H14ClN. The first-order valence-electron chi connectivity index (χ1n) is 5.34. The molecular weight excluding hydrogens is 218 g/mol. The molecule has 0 spiro atoms. The molecule has 2 aromatic carbocycles. The van der Waals surface area contributed by atoms with Gasteiger partial charge in [0.05, 0.1) is 0 Å². The first kappa shape index (κ1) is 11.2. The van der Waals surface area contributed by atoms with E-state index >= 15 is 0 Å². The largest absolute Gasteiger partial charge is 0.309 e. The molecule has 0 heterocycles. The summed E-state index contributed by atoms with van der Waals surface area (Å²) in [5.41, 5.74) is 2.55. The van der Waals surface area contributed by atoms with Gasteiger partial charge in [-0.15, -0.1) is 0 Å². The van der Waals surface area contributed by atoms with Crippen molar-refractivity contribution in [2.45, 2.75) is 13.1 Å². The Balaban J connectivity index is 1.82. The van der Waals surface area contributed by atoms with Gasteiger partial charge in [0.25, 0.3) is 0 Å². The van der Waals surface area contributed by atoms with Crippen molar-refractivity contribution in [2.24, 2.45) is 0 Å². The molecule has 0 aliphatic heterocycles. The summed E-state index contributed by atoms with van der Waals surface area (Å²) in [5.74, 6) is 0. The summed E-state index contributed by atoms with van der Waals surface area (Å²) in [5, 5.41) is 4.18. The molecule has 0 bridgehead atoms. The van der Waals surface area contributed by atoms with Gasteiger partial charge in [0, 0.05) is 18.1 Å². The Morgan fingerprint density at radius 1 is 0.750 bits per heavy atom. The molecule has 1 nitrogen and oxygen atoms in total. The number of halogens is 1. The van der Waals surface area contributed by atoms with Gasteiger partial charge in [0.1, 0.15) is 0 Å². The van der Waals surface area contributed by atoms with E-state index in [0.717, 1.165) is 18.1 Å². The van der Waals surface area contributed by atoms with Crippen molar-refractivity contribution in [3.63, 3.8) is 0 Å². The Kier molecular flexibility index (Phi) is 3.97. The summed E-state index contributed by atoms with van der Waals surface area (Å²) in [6, 6.07) is 18.3. The maximum atomic E-state index is 5.82. The minimum atomic E-state index is 0.784. The molecule has 0 unspecified atom stereocenters. The van der Waals surface area contributed by atoms with E-state index in [1.165, 1.54) is 11.1 Å². The molecule has 0 fully saturated rings. The highest BCUT2D eigenvalue weighted by molar-refractivity contribution is 6.30. The van der Waals surface area contributed by atoms with E-state index in [0.29, 0.717) is 0 Å². The zero-order valence-corrected chi connectivity index (χ0v) is 9.74. The van der Waals surface area contributed by atoms with Crippen LogP contribution < -0.4 is 5.32 Å². The second kappa shape index (κ2) is 5.69. The van der Waals surface area contributed by atoms with Crippen LogP contribution in [0.3, 0.4) is 0 Å². The predicted molar refractivity (Wildman–Crippen MR) is 68.4 cm³/mol. The lowest BCUT2D eigenvalue weighted by Crippen LogP contribution is -2.12. The average Bonchev–Trinajstić information content (AvgIpc) is 2.33. The molecule has 2 aromatic rings. The monoisotopic (exact) mass is 231 g/mol. The highest BCUT2D eigenvalue weighted by Gasteiger charge is 1.93. The molecule has 0 saturated heterocycles. The van der Waals surface area contributed by atoms with Crippen LogP contribution in [0.5, 0.6) is 0 Å². The maximum absolute atomic E-state index is 5.82. The minimum absolute atomic E-state index is 0.784. The SMILES string of the molecule is Clc1ccc(CNCc2ccccc2)cc1. The van der Waals surface area contributed by atoms with E-state index in [2.05, 4.69) is 29.6 Å². The van der Waals surface area contributed by atoms with Crippen LogP contribution in [0.2, 0.25) is 5.02 Å². The minimum Gasteiger partial charge on any atom is -0.309 e. The zero-order valence-electron chi connectivity index (χ0n) is 8.99.